The van der Waals surface area contributed by atoms with Crippen LogP contribution in [0.5, 0.6) is 0 Å². The van der Waals surface area contributed by atoms with Gasteiger partial charge in [-0.3, -0.25) is 0 Å². The number of nitrogens with two attached hydrogens (primary N) is 1. The van der Waals surface area contributed by atoms with Crippen LogP contribution in [-0.2, 0) is 6.42 Å². The van der Waals surface area contributed by atoms with Crippen LogP contribution in [0.15, 0.2) is 70.3 Å². The summed E-state index contributed by atoms with van der Waals surface area (Å²) in [4.78, 5) is 10.8. The Morgan fingerprint density at radius 1 is 1.08 bits per heavy atom. The van der Waals surface area contributed by atoms with Crippen LogP contribution in [0.4, 0.5) is 0 Å². The minimum Gasteiger partial charge on any atom is -0.386 e. The van der Waals surface area contributed by atoms with Gasteiger partial charge in [0, 0.05) is 18.2 Å². The van der Waals surface area contributed by atoms with Gasteiger partial charge in [0.2, 0.25) is 11.7 Å². The lowest BCUT2D eigenvalue weighted by Crippen LogP contribution is -2.32. The smallest absolute Gasteiger partial charge is 0.231 e. The fraction of sp³-hybridized carbons (Fsp3) is 0.150. The van der Waals surface area contributed by atoms with Gasteiger partial charge in [-0.25, -0.2) is 4.99 Å². The number of hydrogen-bond acceptors (Lipinski definition) is 6. The molecule has 6 nitrogen and oxygen atoms in total. The third-order valence-corrected chi connectivity index (χ3v) is 4.25. The fourth-order valence-electron chi connectivity index (χ4n) is 2.94. The molecule has 0 bridgehead atoms. The van der Waals surface area contributed by atoms with Crippen molar-refractivity contribution in [2.24, 2.45) is 10.7 Å². The highest BCUT2D eigenvalue weighted by Gasteiger charge is 2.15. The molecule has 1 aliphatic rings. The Balaban J connectivity index is 1.59. The Morgan fingerprint density at radius 2 is 1.88 bits per heavy atom. The molecule has 0 fully saturated rings. The first-order valence-electron chi connectivity index (χ1n) is 8.40. The molecule has 2 heterocycles. The number of likely N-dealkylation sites (N-methyl/N-ethyl adjacent to an activating group) is 1. The van der Waals surface area contributed by atoms with Crippen LogP contribution < -0.4 is 5.73 Å². The summed E-state index contributed by atoms with van der Waals surface area (Å²) in [5.74, 6) is 1.79. The first-order valence-corrected chi connectivity index (χ1v) is 8.40. The van der Waals surface area contributed by atoms with Gasteiger partial charge in [-0.15, -0.1) is 0 Å². The molecule has 130 valence electrons. The average Bonchev–Trinajstić information content (AvgIpc) is 3.11. The predicted octanol–water partition coefficient (Wildman–Crippen LogP) is 2.93. The molecular weight excluding hydrogens is 326 g/mol. The maximum absolute atomic E-state index is 5.78. The maximum Gasteiger partial charge on any atom is 0.231 e. The Hall–Kier alpha value is -3.41. The highest BCUT2D eigenvalue weighted by atomic mass is 16.5. The van der Waals surface area contributed by atoms with E-state index in [1.54, 1.807) is 6.20 Å². The van der Waals surface area contributed by atoms with Crippen molar-refractivity contribution < 1.29 is 4.52 Å². The Kier molecular flexibility index (Phi) is 4.23. The molecule has 1 aliphatic heterocycles. The molecule has 0 saturated carbocycles. The van der Waals surface area contributed by atoms with Crippen LogP contribution in [-0.4, -0.2) is 34.5 Å². The molecule has 0 atom stereocenters. The van der Waals surface area contributed by atoms with Gasteiger partial charge in [0.1, 0.15) is 5.84 Å². The average molecular weight is 345 g/mol. The SMILES string of the molecule is CN1CC(N)=NC=C1c1cccc(-c2noc(Cc3ccccc3)n2)c1. The van der Waals surface area contributed by atoms with Crippen LogP contribution in [0.25, 0.3) is 17.1 Å². The van der Waals surface area contributed by atoms with Gasteiger partial charge < -0.3 is 15.2 Å². The summed E-state index contributed by atoms with van der Waals surface area (Å²) in [6.45, 7) is 0.611. The molecule has 0 amide bonds. The number of rotatable bonds is 4. The first-order chi connectivity index (χ1) is 12.7. The predicted molar refractivity (Wildman–Crippen MR) is 101 cm³/mol. The van der Waals surface area contributed by atoms with Crippen LogP contribution in [0.3, 0.4) is 0 Å². The molecule has 0 aliphatic carbocycles. The number of benzene rings is 2. The third kappa shape index (κ3) is 3.35. The second kappa shape index (κ2) is 6.84. The van der Waals surface area contributed by atoms with E-state index in [9.17, 15) is 0 Å². The van der Waals surface area contributed by atoms with E-state index in [1.807, 2.05) is 61.6 Å². The zero-order chi connectivity index (χ0) is 17.9. The topological polar surface area (TPSA) is 80.5 Å². The quantitative estimate of drug-likeness (QED) is 0.786. The van der Waals surface area contributed by atoms with Crippen molar-refractivity contribution in [3.05, 3.63) is 77.8 Å². The van der Waals surface area contributed by atoms with Crippen LogP contribution in [0, 0.1) is 0 Å². The summed E-state index contributed by atoms with van der Waals surface area (Å²) in [6.07, 6.45) is 2.41. The van der Waals surface area contributed by atoms with E-state index in [0.717, 1.165) is 22.4 Å². The van der Waals surface area contributed by atoms with Gasteiger partial charge in [-0.2, -0.15) is 4.98 Å². The second-order valence-corrected chi connectivity index (χ2v) is 6.25. The van der Waals surface area contributed by atoms with Crippen LogP contribution >= 0.6 is 0 Å². The summed E-state index contributed by atoms with van der Waals surface area (Å²) in [5.41, 5.74) is 9.87. The largest absolute Gasteiger partial charge is 0.386 e. The minimum absolute atomic E-state index is 0.583. The van der Waals surface area contributed by atoms with E-state index >= 15 is 0 Å². The van der Waals surface area contributed by atoms with Gasteiger partial charge in [-0.1, -0.05) is 53.7 Å². The van der Waals surface area contributed by atoms with Gasteiger partial charge >= 0.3 is 0 Å². The highest BCUT2D eigenvalue weighted by molar-refractivity contribution is 5.87. The number of amidine groups is 1. The molecule has 4 rings (SSSR count). The van der Waals surface area contributed by atoms with Crippen LogP contribution in [0.1, 0.15) is 17.0 Å². The molecule has 1 aromatic heterocycles. The summed E-state index contributed by atoms with van der Waals surface area (Å²) < 4.78 is 5.42. The zero-order valence-corrected chi connectivity index (χ0v) is 14.5. The van der Waals surface area contributed by atoms with Crippen molar-refractivity contribution in [3.8, 4) is 11.4 Å². The van der Waals surface area contributed by atoms with Crippen molar-refractivity contribution in [1.82, 2.24) is 15.0 Å². The molecular formula is C20H19N5O. The normalized spacial score (nSPS) is 14.1. The van der Waals surface area contributed by atoms with Gasteiger partial charge in [-0.05, 0) is 11.6 Å². The standard InChI is InChI=1S/C20H19N5O/c1-25-13-18(21)22-12-17(25)15-8-5-9-16(11-15)20-23-19(26-24-20)10-14-6-3-2-4-7-14/h2-9,11-12H,10,13H2,1H3,(H2,21,22). The lowest BCUT2D eigenvalue weighted by Gasteiger charge is -2.25. The van der Waals surface area contributed by atoms with E-state index in [1.165, 1.54) is 0 Å². The molecule has 6 heteroatoms. The monoisotopic (exact) mass is 345 g/mol. The Labute approximate surface area is 151 Å². The van der Waals surface area contributed by atoms with Crippen molar-refractivity contribution in [3.63, 3.8) is 0 Å². The lowest BCUT2D eigenvalue weighted by molar-refractivity contribution is 0.385. The van der Waals surface area contributed by atoms with Crippen LogP contribution in [0.2, 0.25) is 0 Å². The van der Waals surface area contributed by atoms with E-state index in [2.05, 4.69) is 20.0 Å². The third-order valence-electron chi connectivity index (χ3n) is 4.25. The zero-order valence-electron chi connectivity index (χ0n) is 14.5. The fourth-order valence-corrected chi connectivity index (χ4v) is 2.94. The highest BCUT2D eigenvalue weighted by Crippen LogP contribution is 2.25. The van der Waals surface area contributed by atoms with E-state index in [-0.39, 0.29) is 0 Å². The number of hydrogen-bond donors (Lipinski definition) is 1. The molecule has 26 heavy (non-hydrogen) atoms. The lowest BCUT2D eigenvalue weighted by atomic mass is 10.1. The molecule has 0 saturated heterocycles. The van der Waals surface area contributed by atoms with Crippen molar-refractivity contribution in [2.75, 3.05) is 13.6 Å². The second-order valence-electron chi connectivity index (χ2n) is 6.25. The number of nitrogens with zero attached hydrogens (tertiary/aromatic N) is 4. The van der Waals surface area contributed by atoms with E-state index in [0.29, 0.717) is 30.5 Å². The molecule has 0 unspecified atom stereocenters. The molecule has 2 N–H and O–H groups in total. The molecule has 0 radical (unpaired) electrons. The van der Waals surface area contributed by atoms with Crippen molar-refractivity contribution in [2.45, 2.75) is 6.42 Å². The molecule has 0 spiro atoms. The first kappa shape index (κ1) is 16.1. The Bertz CT molecular complexity index is 975. The summed E-state index contributed by atoms with van der Waals surface area (Å²) >= 11 is 0. The Morgan fingerprint density at radius 3 is 2.69 bits per heavy atom. The number of aromatic nitrogens is 2. The summed E-state index contributed by atoms with van der Waals surface area (Å²) in [5, 5.41) is 4.13. The van der Waals surface area contributed by atoms with Crippen molar-refractivity contribution >= 4 is 11.5 Å². The molecule has 3 aromatic rings. The van der Waals surface area contributed by atoms with Gasteiger partial charge in [0.15, 0.2) is 0 Å². The van der Waals surface area contributed by atoms with Crippen molar-refractivity contribution in [1.29, 1.82) is 0 Å². The van der Waals surface area contributed by atoms with Gasteiger partial charge in [0.25, 0.3) is 0 Å². The minimum atomic E-state index is 0.583. The maximum atomic E-state index is 5.78. The van der Waals surface area contributed by atoms with E-state index in [4.69, 9.17) is 10.3 Å². The van der Waals surface area contributed by atoms with Gasteiger partial charge in [0.05, 0.1) is 24.9 Å². The molecule has 2 aromatic carbocycles. The number of aliphatic imine (C=N–C) groups is 1. The summed E-state index contributed by atoms with van der Waals surface area (Å²) in [7, 11) is 1.99. The van der Waals surface area contributed by atoms with E-state index < -0.39 is 0 Å². The summed E-state index contributed by atoms with van der Waals surface area (Å²) in [6, 6.07) is 18.1.